The smallest absolute Gasteiger partial charge is 0.282 e. The molecule has 7 nitrogen and oxygen atoms in total. The highest BCUT2D eigenvalue weighted by atomic mass is 32.2. The maximum atomic E-state index is 12.4. The third-order valence-corrected chi connectivity index (χ3v) is 4.25. The fraction of sp³-hybridized carbons (Fsp3) is 0.385. The Hall–Kier alpha value is -1.93. The standard InChI is InChI=1S/C13H19N5O2S/c1-3-7-14-9-11-10(2)16-17-13(11)21(19,20)18-12-6-4-5-8-15-12/h4-6,8,14H,3,7,9H2,1-2H3,(H,15,18)(H,16,17). The highest BCUT2D eigenvalue weighted by Gasteiger charge is 2.24. The van der Waals surface area contributed by atoms with E-state index in [0.29, 0.717) is 12.1 Å². The first-order valence-electron chi connectivity index (χ1n) is 6.73. The number of nitrogens with zero attached hydrogens (tertiary/aromatic N) is 2. The molecule has 114 valence electrons. The number of aromatic nitrogens is 3. The maximum absolute atomic E-state index is 12.4. The normalized spacial score (nSPS) is 11.5. The van der Waals surface area contributed by atoms with Crippen LogP contribution in [0.2, 0.25) is 0 Å². The molecule has 0 aromatic carbocycles. The quantitative estimate of drug-likeness (QED) is 0.672. The second-order valence-corrected chi connectivity index (χ2v) is 6.23. The summed E-state index contributed by atoms with van der Waals surface area (Å²) in [4.78, 5) is 3.96. The summed E-state index contributed by atoms with van der Waals surface area (Å²) in [6, 6.07) is 5.02. The van der Waals surface area contributed by atoms with Crippen LogP contribution in [-0.2, 0) is 16.6 Å². The number of H-pyrrole nitrogens is 1. The number of nitrogens with one attached hydrogen (secondary N) is 3. The van der Waals surface area contributed by atoms with Crippen LogP contribution in [-0.4, -0.2) is 30.1 Å². The molecule has 0 saturated heterocycles. The van der Waals surface area contributed by atoms with Crippen LogP contribution in [0.25, 0.3) is 0 Å². The highest BCUT2D eigenvalue weighted by molar-refractivity contribution is 7.92. The molecule has 2 aromatic rings. The van der Waals surface area contributed by atoms with Crippen molar-refractivity contribution in [2.45, 2.75) is 31.8 Å². The Morgan fingerprint density at radius 1 is 1.33 bits per heavy atom. The van der Waals surface area contributed by atoms with Gasteiger partial charge in [0.25, 0.3) is 10.0 Å². The highest BCUT2D eigenvalue weighted by Crippen LogP contribution is 2.18. The second-order valence-electron chi connectivity index (χ2n) is 4.63. The van der Waals surface area contributed by atoms with E-state index in [2.05, 4.69) is 32.1 Å². The Kier molecular flexibility index (Phi) is 4.92. The van der Waals surface area contributed by atoms with E-state index in [4.69, 9.17) is 0 Å². The van der Waals surface area contributed by atoms with Crippen LogP contribution >= 0.6 is 0 Å². The van der Waals surface area contributed by atoms with Crippen molar-refractivity contribution < 1.29 is 8.42 Å². The van der Waals surface area contributed by atoms with E-state index in [0.717, 1.165) is 18.7 Å². The van der Waals surface area contributed by atoms with Gasteiger partial charge in [-0.05, 0) is 32.0 Å². The lowest BCUT2D eigenvalue weighted by Gasteiger charge is -2.08. The molecule has 0 radical (unpaired) electrons. The summed E-state index contributed by atoms with van der Waals surface area (Å²) in [5, 5.41) is 9.84. The number of aryl methyl sites for hydroxylation is 1. The molecule has 21 heavy (non-hydrogen) atoms. The van der Waals surface area contributed by atoms with E-state index in [1.807, 2.05) is 0 Å². The third kappa shape index (κ3) is 3.79. The molecular weight excluding hydrogens is 290 g/mol. The van der Waals surface area contributed by atoms with Gasteiger partial charge in [-0.2, -0.15) is 13.5 Å². The van der Waals surface area contributed by atoms with Crippen LogP contribution < -0.4 is 10.0 Å². The van der Waals surface area contributed by atoms with Gasteiger partial charge in [-0.1, -0.05) is 13.0 Å². The first kappa shape index (κ1) is 15.5. The lowest BCUT2D eigenvalue weighted by molar-refractivity contribution is 0.593. The lowest BCUT2D eigenvalue weighted by Crippen LogP contribution is -2.20. The van der Waals surface area contributed by atoms with Crippen molar-refractivity contribution in [3.05, 3.63) is 35.7 Å². The van der Waals surface area contributed by atoms with Crippen LogP contribution in [0.15, 0.2) is 29.4 Å². The molecule has 0 amide bonds. The summed E-state index contributed by atoms with van der Waals surface area (Å²) < 4.78 is 27.2. The fourth-order valence-corrected chi connectivity index (χ4v) is 3.07. The van der Waals surface area contributed by atoms with Gasteiger partial charge < -0.3 is 5.32 Å². The maximum Gasteiger partial charge on any atom is 0.282 e. The molecule has 0 fully saturated rings. The van der Waals surface area contributed by atoms with E-state index in [1.54, 1.807) is 25.1 Å². The van der Waals surface area contributed by atoms with Crippen molar-refractivity contribution in [1.29, 1.82) is 0 Å². The number of hydrogen-bond acceptors (Lipinski definition) is 5. The summed E-state index contributed by atoms with van der Waals surface area (Å²) in [7, 11) is -3.76. The first-order valence-corrected chi connectivity index (χ1v) is 8.21. The zero-order chi connectivity index (χ0) is 15.3. The largest absolute Gasteiger partial charge is 0.313 e. The summed E-state index contributed by atoms with van der Waals surface area (Å²) in [5.41, 5.74) is 1.38. The molecule has 0 spiro atoms. The molecule has 2 heterocycles. The fourth-order valence-electron chi connectivity index (χ4n) is 1.86. The first-order chi connectivity index (χ1) is 10.0. The van der Waals surface area contributed by atoms with Crippen molar-refractivity contribution in [3.63, 3.8) is 0 Å². The Labute approximate surface area is 124 Å². The van der Waals surface area contributed by atoms with Crippen LogP contribution in [0.5, 0.6) is 0 Å². The predicted octanol–water partition coefficient (Wildman–Crippen LogP) is 1.41. The van der Waals surface area contributed by atoms with Crippen molar-refractivity contribution in [2.75, 3.05) is 11.3 Å². The number of sulfonamides is 1. The van der Waals surface area contributed by atoms with Crippen molar-refractivity contribution in [3.8, 4) is 0 Å². The zero-order valence-electron chi connectivity index (χ0n) is 12.0. The van der Waals surface area contributed by atoms with Crippen LogP contribution in [0.1, 0.15) is 24.6 Å². The molecule has 0 aliphatic rings. The van der Waals surface area contributed by atoms with Gasteiger partial charge in [0, 0.05) is 24.0 Å². The number of rotatable bonds is 7. The molecule has 0 atom stereocenters. The molecular formula is C13H19N5O2S. The monoisotopic (exact) mass is 309 g/mol. The van der Waals surface area contributed by atoms with E-state index in [-0.39, 0.29) is 10.8 Å². The number of aromatic amines is 1. The number of anilines is 1. The molecule has 0 aliphatic heterocycles. The van der Waals surface area contributed by atoms with Gasteiger partial charge >= 0.3 is 0 Å². The van der Waals surface area contributed by atoms with E-state index in [9.17, 15) is 8.42 Å². The lowest BCUT2D eigenvalue weighted by atomic mass is 10.2. The van der Waals surface area contributed by atoms with E-state index < -0.39 is 10.0 Å². The molecule has 0 unspecified atom stereocenters. The number of pyridine rings is 1. The summed E-state index contributed by atoms with van der Waals surface area (Å²) in [6.45, 7) is 5.12. The van der Waals surface area contributed by atoms with Crippen LogP contribution in [0.4, 0.5) is 5.82 Å². The van der Waals surface area contributed by atoms with Crippen LogP contribution in [0, 0.1) is 6.92 Å². The minimum Gasteiger partial charge on any atom is -0.313 e. The third-order valence-electron chi connectivity index (χ3n) is 2.92. The van der Waals surface area contributed by atoms with Gasteiger partial charge in [0.05, 0.1) is 0 Å². The molecule has 0 saturated carbocycles. The van der Waals surface area contributed by atoms with Gasteiger partial charge in [0.1, 0.15) is 5.82 Å². The van der Waals surface area contributed by atoms with Crippen molar-refractivity contribution in [1.82, 2.24) is 20.5 Å². The van der Waals surface area contributed by atoms with E-state index in [1.165, 1.54) is 6.20 Å². The van der Waals surface area contributed by atoms with E-state index >= 15 is 0 Å². The van der Waals surface area contributed by atoms with Gasteiger partial charge in [-0.25, -0.2) is 4.98 Å². The average Bonchev–Trinajstić information content (AvgIpc) is 2.82. The van der Waals surface area contributed by atoms with Crippen LogP contribution in [0.3, 0.4) is 0 Å². The molecule has 2 aromatic heterocycles. The number of hydrogen-bond donors (Lipinski definition) is 3. The Morgan fingerprint density at radius 3 is 2.81 bits per heavy atom. The topological polar surface area (TPSA) is 99.8 Å². The van der Waals surface area contributed by atoms with Crippen molar-refractivity contribution >= 4 is 15.8 Å². The van der Waals surface area contributed by atoms with Gasteiger partial charge in [-0.15, -0.1) is 0 Å². The molecule has 2 rings (SSSR count). The minimum atomic E-state index is -3.76. The van der Waals surface area contributed by atoms with Gasteiger partial charge in [0.15, 0.2) is 0 Å². The average molecular weight is 309 g/mol. The summed E-state index contributed by atoms with van der Waals surface area (Å²) in [5.74, 6) is 0.269. The zero-order valence-corrected chi connectivity index (χ0v) is 12.9. The van der Waals surface area contributed by atoms with Gasteiger partial charge in [0.2, 0.25) is 5.03 Å². The Morgan fingerprint density at radius 2 is 2.14 bits per heavy atom. The molecule has 0 aliphatic carbocycles. The Balaban J connectivity index is 2.24. The second kappa shape index (κ2) is 6.68. The predicted molar refractivity (Wildman–Crippen MR) is 80.4 cm³/mol. The van der Waals surface area contributed by atoms with Gasteiger partial charge in [-0.3, -0.25) is 9.82 Å². The SMILES string of the molecule is CCCNCc1c(S(=O)(=O)Nc2ccccn2)n[nH]c1C. The minimum absolute atomic E-state index is 0.00857. The summed E-state index contributed by atoms with van der Waals surface area (Å²) >= 11 is 0. The molecule has 3 N–H and O–H groups in total. The molecule has 8 heteroatoms. The molecule has 0 bridgehead atoms. The Bertz CT molecular complexity index is 682. The van der Waals surface area contributed by atoms with Crippen molar-refractivity contribution in [2.24, 2.45) is 0 Å². The summed E-state index contributed by atoms with van der Waals surface area (Å²) in [6.07, 6.45) is 2.50.